The molecule has 1 aromatic rings. The lowest BCUT2D eigenvalue weighted by Crippen LogP contribution is -2.36. The monoisotopic (exact) mass is 250 g/mol. The summed E-state index contributed by atoms with van der Waals surface area (Å²) in [5, 5.41) is 3.59. The van der Waals surface area contributed by atoms with Gasteiger partial charge in [0.15, 0.2) is 0 Å². The van der Waals surface area contributed by atoms with E-state index in [0.29, 0.717) is 6.04 Å². The van der Waals surface area contributed by atoms with E-state index in [1.165, 1.54) is 38.3 Å². The van der Waals surface area contributed by atoms with Gasteiger partial charge in [-0.1, -0.05) is 19.3 Å². The molecule has 1 fully saturated rings. The van der Waals surface area contributed by atoms with Gasteiger partial charge in [-0.3, -0.25) is 4.98 Å². The average Bonchev–Trinajstić information content (AvgIpc) is 2.39. The first kappa shape index (κ1) is 13.5. The van der Waals surface area contributed by atoms with Gasteiger partial charge in [0.2, 0.25) is 0 Å². The molecule has 0 aliphatic heterocycles. The third-order valence-electron chi connectivity index (χ3n) is 4.10. The summed E-state index contributed by atoms with van der Waals surface area (Å²) in [4.78, 5) is 3.91. The molecule has 2 unspecified atom stereocenters. The SMILES string of the molecule is CC(NC(C)C1CCCCC1)c1cncc(F)c1. The summed E-state index contributed by atoms with van der Waals surface area (Å²) in [5.41, 5.74) is 0.928. The molecule has 0 saturated heterocycles. The number of rotatable bonds is 4. The minimum atomic E-state index is -0.258. The van der Waals surface area contributed by atoms with Gasteiger partial charge in [-0.25, -0.2) is 4.39 Å². The molecule has 2 rings (SSSR count). The maximum atomic E-state index is 13.1. The lowest BCUT2D eigenvalue weighted by Gasteiger charge is -2.30. The van der Waals surface area contributed by atoms with Gasteiger partial charge in [-0.05, 0) is 44.2 Å². The molecule has 1 aliphatic carbocycles. The van der Waals surface area contributed by atoms with Crippen LogP contribution in [-0.2, 0) is 0 Å². The molecule has 3 heteroatoms. The Labute approximate surface area is 109 Å². The molecule has 18 heavy (non-hydrogen) atoms. The van der Waals surface area contributed by atoms with Crippen molar-refractivity contribution in [2.75, 3.05) is 0 Å². The quantitative estimate of drug-likeness (QED) is 0.878. The Kier molecular flexibility index (Phi) is 4.70. The Balaban J connectivity index is 1.91. The first-order chi connectivity index (χ1) is 8.66. The number of aromatic nitrogens is 1. The molecule has 2 atom stereocenters. The zero-order valence-electron chi connectivity index (χ0n) is 11.3. The second-order valence-corrected chi connectivity index (χ2v) is 5.51. The molecule has 0 radical (unpaired) electrons. The van der Waals surface area contributed by atoms with E-state index in [1.807, 2.05) is 0 Å². The smallest absolute Gasteiger partial charge is 0.141 e. The summed E-state index contributed by atoms with van der Waals surface area (Å²) in [6.07, 6.45) is 9.73. The summed E-state index contributed by atoms with van der Waals surface area (Å²) in [6, 6.07) is 2.21. The fourth-order valence-corrected chi connectivity index (χ4v) is 2.93. The Hall–Kier alpha value is -0.960. The zero-order valence-corrected chi connectivity index (χ0v) is 11.3. The van der Waals surface area contributed by atoms with E-state index in [2.05, 4.69) is 24.1 Å². The molecule has 0 bridgehead atoms. The molecule has 0 amide bonds. The Bertz CT molecular complexity index is 375. The van der Waals surface area contributed by atoms with E-state index < -0.39 is 0 Å². The van der Waals surface area contributed by atoms with Gasteiger partial charge in [0.05, 0.1) is 6.20 Å². The van der Waals surface area contributed by atoms with E-state index in [4.69, 9.17) is 0 Å². The topological polar surface area (TPSA) is 24.9 Å². The third-order valence-corrected chi connectivity index (χ3v) is 4.10. The first-order valence-electron chi connectivity index (χ1n) is 7.03. The molecule has 1 aromatic heterocycles. The van der Waals surface area contributed by atoms with Crippen molar-refractivity contribution in [1.29, 1.82) is 0 Å². The predicted molar refractivity (Wildman–Crippen MR) is 71.8 cm³/mol. The summed E-state index contributed by atoms with van der Waals surface area (Å²) >= 11 is 0. The highest BCUT2D eigenvalue weighted by Crippen LogP contribution is 2.27. The van der Waals surface area contributed by atoms with Crippen LogP contribution in [0.2, 0.25) is 0 Å². The highest BCUT2D eigenvalue weighted by Gasteiger charge is 2.21. The van der Waals surface area contributed by atoms with Gasteiger partial charge in [-0.2, -0.15) is 0 Å². The van der Waals surface area contributed by atoms with Crippen molar-refractivity contribution in [2.45, 2.75) is 58.0 Å². The summed E-state index contributed by atoms with van der Waals surface area (Å²) in [5.74, 6) is 0.509. The van der Waals surface area contributed by atoms with Crippen molar-refractivity contribution in [3.05, 3.63) is 29.8 Å². The second-order valence-electron chi connectivity index (χ2n) is 5.51. The van der Waals surface area contributed by atoms with Crippen LogP contribution in [-0.4, -0.2) is 11.0 Å². The van der Waals surface area contributed by atoms with E-state index in [0.717, 1.165) is 11.5 Å². The highest BCUT2D eigenvalue weighted by atomic mass is 19.1. The average molecular weight is 250 g/mol. The van der Waals surface area contributed by atoms with Gasteiger partial charge in [0, 0.05) is 18.3 Å². The maximum absolute atomic E-state index is 13.1. The van der Waals surface area contributed by atoms with Crippen LogP contribution in [0, 0.1) is 11.7 Å². The number of nitrogens with one attached hydrogen (secondary N) is 1. The van der Waals surface area contributed by atoms with Crippen LogP contribution in [0.5, 0.6) is 0 Å². The molecule has 0 aromatic carbocycles. The van der Waals surface area contributed by atoms with Crippen molar-refractivity contribution < 1.29 is 4.39 Å². The van der Waals surface area contributed by atoms with Crippen LogP contribution in [0.15, 0.2) is 18.5 Å². The molecular weight excluding hydrogens is 227 g/mol. The molecule has 0 spiro atoms. The fraction of sp³-hybridized carbons (Fsp3) is 0.667. The van der Waals surface area contributed by atoms with Gasteiger partial charge < -0.3 is 5.32 Å². The number of pyridine rings is 1. The van der Waals surface area contributed by atoms with Crippen LogP contribution in [0.25, 0.3) is 0 Å². The van der Waals surface area contributed by atoms with E-state index in [9.17, 15) is 4.39 Å². The summed E-state index contributed by atoms with van der Waals surface area (Å²) in [7, 11) is 0. The zero-order chi connectivity index (χ0) is 13.0. The number of hydrogen-bond acceptors (Lipinski definition) is 2. The molecule has 1 saturated carbocycles. The number of halogens is 1. The lowest BCUT2D eigenvalue weighted by molar-refractivity contribution is 0.268. The Morgan fingerprint density at radius 2 is 1.94 bits per heavy atom. The number of nitrogens with zero attached hydrogens (tertiary/aromatic N) is 1. The molecular formula is C15H23FN2. The summed E-state index contributed by atoms with van der Waals surface area (Å²) < 4.78 is 13.1. The molecule has 1 aliphatic rings. The van der Waals surface area contributed by atoms with Gasteiger partial charge >= 0.3 is 0 Å². The minimum absolute atomic E-state index is 0.158. The Morgan fingerprint density at radius 3 is 2.61 bits per heavy atom. The van der Waals surface area contributed by atoms with Crippen molar-refractivity contribution >= 4 is 0 Å². The van der Waals surface area contributed by atoms with E-state index in [-0.39, 0.29) is 11.9 Å². The third kappa shape index (κ3) is 3.52. The Morgan fingerprint density at radius 1 is 1.22 bits per heavy atom. The maximum Gasteiger partial charge on any atom is 0.141 e. The van der Waals surface area contributed by atoms with E-state index in [1.54, 1.807) is 12.3 Å². The standard InChI is InChI=1S/C15H23FN2/c1-11(13-6-4-3-5-7-13)18-12(2)14-8-15(16)10-17-9-14/h8-13,18H,3-7H2,1-2H3. The lowest BCUT2D eigenvalue weighted by atomic mass is 9.84. The number of hydrogen-bond donors (Lipinski definition) is 1. The van der Waals surface area contributed by atoms with Crippen molar-refractivity contribution in [3.63, 3.8) is 0 Å². The van der Waals surface area contributed by atoms with Crippen LogP contribution in [0.4, 0.5) is 4.39 Å². The summed E-state index contributed by atoms with van der Waals surface area (Å²) in [6.45, 7) is 4.33. The first-order valence-corrected chi connectivity index (χ1v) is 7.03. The van der Waals surface area contributed by atoms with Crippen molar-refractivity contribution in [1.82, 2.24) is 10.3 Å². The molecule has 1 N–H and O–H groups in total. The van der Waals surface area contributed by atoms with Crippen LogP contribution < -0.4 is 5.32 Å². The van der Waals surface area contributed by atoms with Crippen LogP contribution in [0.1, 0.15) is 57.6 Å². The van der Waals surface area contributed by atoms with Crippen LogP contribution in [0.3, 0.4) is 0 Å². The van der Waals surface area contributed by atoms with Gasteiger partial charge in [0.25, 0.3) is 0 Å². The van der Waals surface area contributed by atoms with E-state index >= 15 is 0 Å². The second kappa shape index (κ2) is 6.28. The van der Waals surface area contributed by atoms with Gasteiger partial charge in [0.1, 0.15) is 5.82 Å². The largest absolute Gasteiger partial charge is 0.307 e. The van der Waals surface area contributed by atoms with Gasteiger partial charge in [-0.15, -0.1) is 0 Å². The minimum Gasteiger partial charge on any atom is -0.307 e. The highest BCUT2D eigenvalue weighted by molar-refractivity contribution is 5.14. The van der Waals surface area contributed by atoms with Crippen molar-refractivity contribution in [2.24, 2.45) is 5.92 Å². The fourth-order valence-electron chi connectivity index (χ4n) is 2.93. The van der Waals surface area contributed by atoms with Crippen molar-refractivity contribution in [3.8, 4) is 0 Å². The van der Waals surface area contributed by atoms with Crippen LogP contribution >= 0.6 is 0 Å². The molecule has 100 valence electrons. The molecule has 2 nitrogen and oxygen atoms in total. The normalized spacial score (nSPS) is 20.6. The predicted octanol–water partition coefficient (Wildman–Crippen LogP) is 3.84. The molecule has 1 heterocycles.